The highest BCUT2D eigenvalue weighted by Gasteiger charge is 2.55. The van der Waals surface area contributed by atoms with Crippen molar-refractivity contribution in [1.82, 2.24) is 9.55 Å². The molecule has 5 unspecified atom stereocenters. The Morgan fingerprint density at radius 1 is 1.34 bits per heavy atom. The summed E-state index contributed by atoms with van der Waals surface area (Å²) in [6, 6.07) is 1.54. The molecule has 1 saturated heterocycles. The number of nitrogens with zero attached hydrogens (tertiary/aromatic N) is 2. The molecule has 0 amide bonds. The monoisotopic (exact) mass is 439 g/mol. The Labute approximate surface area is 174 Å². The second kappa shape index (κ2) is 7.90. The third kappa shape index (κ3) is 4.52. The van der Waals surface area contributed by atoms with Crippen LogP contribution in [0.25, 0.3) is 0 Å². The minimum absolute atomic E-state index is 0.104. The van der Waals surface area contributed by atoms with Crippen molar-refractivity contribution in [2.45, 2.75) is 88.1 Å². The highest BCUT2D eigenvalue weighted by molar-refractivity contribution is 6.73. The van der Waals surface area contributed by atoms with E-state index < -0.39 is 47.6 Å². The molecule has 2 aliphatic carbocycles. The van der Waals surface area contributed by atoms with Crippen LogP contribution in [0.15, 0.2) is 17.1 Å². The summed E-state index contributed by atoms with van der Waals surface area (Å²) in [6.07, 6.45) is 3.30. The van der Waals surface area contributed by atoms with Crippen LogP contribution in [-0.4, -0.2) is 56.4 Å². The number of aliphatic hydroxyl groups is 1. The van der Waals surface area contributed by atoms with Gasteiger partial charge in [0.05, 0.1) is 6.10 Å². The first kappa shape index (κ1) is 21.2. The average molecular weight is 440 g/mol. The van der Waals surface area contributed by atoms with Gasteiger partial charge in [-0.2, -0.15) is 4.98 Å². The number of rotatable bonds is 8. The van der Waals surface area contributed by atoms with E-state index in [0.29, 0.717) is 11.5 Å². The van der Waals surface area contributed by atoms with Crippen LogP contribution in [0.1, 0.15) is 31.9 Å². The van der Waals surface area contributed by atoms with E-state index in [9.17, 15) is 9.90 Å². The fraction of sp³-hybridized carbons (Fsp3) is 0.789. The first-order valence-corrected chi connectivity index (χ1v) is 16.5. The molecule has 2 heterocycles. The van der Waals surface area contributed by atoms with E-state index in [1.165, 1.54) is 23.6 Å². The summed E-state index contributed by atoms with van der Waals surface area (Å²) in [6.45, 7) is 8.71. The number of hydrogen-bond acceptors (Lipinski definition) is 7. The third-order valence-electron chi connectivity index (χ3n) is 6.21. The lowest BCUT2D eigenvalue weighted by Crippen LogP contribution is -2.49. The summed E-state index contributed by atoms with van der Waals surface area (Å²) >= 11 is 0. The predicted molar refractivity (Wildman–Crippen MR) is 115 cm³/mol. The number of ether oxygens (including phenoxy) is 1. The topological polar surface area (TPSA) is 109 Å². The van der Waals surface area contributed by atoms with Gasteiger partial charge in [-0.05, 0) is 56.6 Å². The van der Waals surface area contributed by atoms with Gasteiger partial charge in [-0.3, -0.25) is 4.57 Å². The molecule has 3 N–H and O–H groups in total. The summed E-state index contributed by atoms with van der Waals surface area (Å²) < 4.78 is 20.7. The van der Waals surface area contributed by atoms with Crippen molar-refractivity contribution < 1.29 is 18.7 Å². The number of hydrogen-bond donors (Lipinski definition) is 2. The number of aliphatic hydroxyl groups excluding tert-OH is 1. The maximum atomic E-state index is 12.4. The number of nitrogen functional groups attached to an aromatic ring is 1. The van der Waals surface area contributed by atoms with Gasteiger partial charge in [0, 0.05) is 6.20 Å². The summed E-state index contributed by atoms with van der Waals surface area (Å²) in [4.78, 5) is 16.2. The first-order valence-electron chi connectivity index (χ1n) is 10.7. The van der Waals surface area contributed by atoms with E-state index in [1.807, 2.05) is 0 Å². The summed E-state index contributed by atoms with van der Waals surface area (Å²) in [7, 11) is -3.30. The first-order chi connectivity index (χ1) is 13.7. The molecule has 1 aromatic heterocycles. The molecule has 2 saturated carbocycles. The Bertz CT molecular complexity index is 796. The van der Waals surface area contributed by atoms with Gasteiger partial charge in [-0.1, -0.05) is 12.8 Å². The van der Waals surface area contributed by atoms with Crippen molar-refractivity contribution in [2.75, 3.05) is 5.73 Å². The van der Waals surface area contributed by atoms with E-state index in [0.717, 1.165) is 12.8 Å². The molecule has 29 heavy (non-hydrogen) atoms. The molecule has 3 aliphatic rings. The van der Waals surface area contributed by atoms with Gasteiger partial charge in [0.1, 0.15) is 24.1 Å². The SMILES string of the molecule is C[SiH](C)OC(C1CC1)C1OC(n2ccc(N)nc2=O)C(O)C1O[Si](C)(C)C1CC1. The van der Waals surface area contributed by atoms with Crippen LogP contribution in [0.3, 0.4) is 0 Å². The fourth-order valence-corrected chi connectivity index (χ4v) is 8.08. The Morgan fingerprint density at radius 3 is 2.59 bits per heavy atom. The van der Waals surface area contributed by atoms with Crippen molar-refractivity contribution in [3.63, 3.8) is 0 Å². The highest BCUT2D eigenvalue weighted by Crippen LogP contribution is 2.49. The van der Waals surface area contributed by atoms with E-state index in [4.69, 9.17) is 19.3 Å². The number of aromatic nitrogens is 2. The maximum Gasteiger partial charge on any atom is 0.351 e. The average Bonchev–Trinajstić information content (AvgIpc) is 3.53. The number of nitrogens with two attached hydrogens (primary N) is 1. The minimum atomic E-state index is -1.98. The van der Waals surface area contributed by atoms with E-state index in [1.54, 1.807) is 6.07 Å². The lowest BCUT2D eigenvalue weighted by molar-refractivity contribution is -0.0833. The molecule has 1 aromatic rings. The van der Waals surface area contributed by atoms with Crippen LogP contribution in [0.5, 0.6) is 0 Å². The van der Waals surface area contributed by atoms with Gasteiger partial charge >= 0.3 is 5.69 Å². The van der Waals surface area contributed by atoms with E-state index in [2.05, 4.69) is 31.2 Å². The van der Waals surface area contributed by atoms with Crippen LogP contribution in [0, 0.1) is 5.92 Å². The van der Waals surface area contributed by atoms with Crippen molar-refractivity contribution in [3.8, 4) is 0 Å². The predicted octanol–water partition coefficient (Wildman–Crippen LogP) is 1.62. The normalized spacial score (nSPS) is 31.4. The van der Waals surface area contributed by atoms with Crippen LogP contribution in [0.2, 0.25) is 31.7 Å². The minimum Gasteiger partial charge on any atom is -0.415 e. The van der Waals surface area contributed by atoms with Crippen LogP contribution in [-0.2, 0) is 13.6 Å². The molecule has 8 nitrogen and oxygen atoms in total. The van der Waals surface area contributed by atoms with Crippen molar-refractivity contribution >= 4 is 23.2 Å². The zero-order chi connectivity index (χ0) is 20.9. The second-order valence-corrected chi connectivity index (χ2v) is 16.1. The van der Waals surface area contributed by atoms with Gasteiger partial charge in [0.15, 0.2) is 23.6 Å². The van der Waals surface area contributed by atoms with Crippen molar-refractivity contribution in [2.24, 2.45) is 5.92 Å². The largest absolute Gasteiger partial charge is 0.415 e. The van der Waals surface area contributed by atoms with Gasteiger partial charge in [-0.25, -0.2) is 4.79 Å². The lowest BCUT2D eigenvalue weighted by Gasteiger charge is -2.35. The molecule has 4 rings (SSSR count). The summed E-state index contributed by atoms with van der Waals surface area (Å²) in [5.74, 6) is 0.578. The quantitative estimate of drug-likeness (QED) is 0.592. The molecular weight excluding hydrogens is 406 g/mol. The molecular formula is C19H33N3O5Si2. The molecule has 0 radical (unpaired) electrons. The standard InChI is InChI=1S/C19H33N3O5Si2/c1-28(2)26-15(11-5-6-11)17-16(27-29(3,4)12-7-8-12)14(23)18(25-17)22-10-9-13(20)21-19(22)24/h9-12,14-18,23,28H,5-8H2,1-4H3,(H2,20,21,24). The molecule has 0 aromatic carbocycles. The number of anilines is 1. The van der Waals surface area contributed by atoms with Crippen LogP contribution in [0.4, 0.5) is 5.82 Å². The summed E-state index contributed by atoms with van der Waals surface area (Å²) in [5, 5.41) is 11.2. The molecule has 0 spiro atoms. The van der Waals surface area contributed by atoms with Crippen LogP contribution >= 0.6 is 0 Å². The molecule has 3 fully saturated rings. The zero-order valence-electron chi connectivity index (χ0n) is 17.7. The Balaban J connectivity index is 1.65. The van der Waals surface area contributed by atoms with Gasteiger partial charge in [0.2, 0.25) is 0 Å². The van der Waals surface area contributed by atoms with E-state index in [-0.39, 0.29) is 11.9 Å². The molecule has 0 bridgehead atoms. The maximum absolute atomic E-state index is 12.4. The Morgan fingerprint density at radius 2 is 2.03 bits per heavy atom. The van der Waals surface area contributed by atoms with Gasteiger partial charge in [-0.15, -0.1) is 0 Å². The highest BCUT2D eigenvalue weighted by atomic mass is 28.4. The van der Waals surface area contributed by atoms with E-state index >= 15 is 0 Å². The molecule has 162 valence electrons. The molecule has 1 aliphatic heterocycles. The molecule has 10 heteroatoms. The van der Waals surface area contributed by atoms with Crippen LogP contribution < -0.4 is 11.4 Å². The lowest BCUT2D eigenvalue weighted by atomic mass is 10.0. The van der Waals surface area contributed by atoms with Crippen molar-refractivity contribution in [3.05, 3.63) is 22.7 Å². The Kier molecular flexibility index (Phi) is 5.77. The summed E-state index contributed by atoms with van der Waals surface area (Å²) in [5.41, 5.74) is 5.72. The molecule has 5 atom stereocenters. The Hall–Kier alpha value is -1.05. The third-order valence-corrected chi connectivity index (χ3v) is 10.5. The zero-order valence-corrected chi connectivity index (χ0v) is 19.8. The second-order valence-electron chi connectivity index (χ2n) is 9.47. The van der Waals surface area contributed by atoms with Gasteiger partial charge in [0.25, 0.3) is 0 Å². The fourth-order valence-electron chi connectivity index (χ4n) is 4.35. The smallest absolute Gasteiger partial charge is 0.351 e. The van der Waals surface area contributed by atoms with Crippen molar-refractivity contribution in [1.29, 1.82) is 0 Å². The van der Waals surface area contributed by atoms with Gasteiger partial charge < -0.3 is 24.4 Å².